The molecule has 13 aromatic rings. The van der Waals surface area contributed by atoms with Crippen molar-refractivity contribution < 1.29 is 0 Å². The van der Waals surface area contributed by atoms with Gasteiger partial charge < -0.3 is 9.80 Å². The van der Waals surface area contributed by atoms with E-state index in [1.807, 2.05) is 23.5 Å². The van der Waals surface area contributed by atoms with E-state index in [9.17, 15) is 0 Å². The lowest BCUT2D eigenvalue weighted by molar-refractivity contribution is 0.660. The largest absolute Gasteiger partial charge is 0.308 e. The Labute approximate surface area is 499 Å². The molecule has 0 amide bonds. The zero-order valence-electron chi connectivity index (χ0n) is 47.1. The summed E-state index contributed by atoms with van der Waals surface area (Å²) in [6.45, 7) is 9.56. The van der Waals surface area contributed by atoms with Crippen molar-refractivity contribution in [1.29, 1.82) is 0 Å². The molecule has 4 aliphatic rings. The average Bonchev–Trinajstić information content (AvgIpc) is 3.15. The molecule has 0 aromatic heterocycles. The molecular formula is C80H56N2S2. The Morgan fingerprint density at radius 3 is 0.940 bits per heavy atom. The van der Waals surface area contributed by atoms with Crippen LogP contribution in [0.1, 0.15) is 49.9 Å². The predicted molar refractivity (Wildman–Crippen MR) is 356 cm³/mol. The van der Waals surface area contributed by atoms with Crippen molar-refractivity contribution in [2.45, 2.75) is 58.1 Å². The summed E-state index contributed by atoms with van der Waals surface area (Å²) < 4.78 is 0. The van der Waals surface area contributed by atoms with Gasteiger partial charge in [-0.3, -0.25) is 0 Å². The van der Waals surface area contributed by atoms with E-state index in [4.69, 9.17) is 0 Å². The molecule has 0 atom stereocenters. The van der Waals surface area contributed by atoms with Crippen molar-refractivity contribution >= 4 is 79.2 Å². The highest BCUT2D eigenvalue weighted by Crippen LogP contribution is 2.58. The third-order valence-corrected chi connectivity index (χ3v) is 20.9. The van der Waals surface area contributed by atoms with Gasteiger partial charge in [0.25, 0.3) is 0 Å². The van der Waals surface area contributed by atoms with E-state index in [0.29, 0.717) is 0 Å². The molecule has 0 N–H and O–H groups in total. The summed E-state index contributed by atoms with van der Waals surface area (Å²) in [4.78, 5) is 9.94. The van der Waals surface area contributed by atoms with Crippen LogP contribution in [0.2, 0.25) is 0 Å². The Morgan fingerprint density at radius 2 is 0.560 bits per heavy atom. The molecule has 0 spiro atoms. The number of nitrogens with zero attached hydrogens (tertiary/aromatic N) is 2. The van der Waals surface area contributed by atoms with Crippen LogP contribution in [0, 0.1) is 0 Å². The van der Waals surface area contributed by atoms with Crippen molar-refractivity contribution in [3.05, 3.63) is 289 Å². The first-order valence-corrected chi connectivity index (χ1v) is 30.9. The maximum absolute atomic E-state index is 2.51. The molecule has 398 valence electrons. The Kier molecular flexibility index (Phi) is 10.9. The molecule has 2 heterocycles. The molecule has 2 nitrogen and oxygen atoms in total. The van der Waals surface area contributed by atoms with Gasteiger partial charge in [0.15, 0.2) is 0 Å². The van der Waals surface area contributed by atoms with Crippen LogP contribution in [0.15, 0.2) is 287 Å². The monoisotopic (exact) mass is 1110 g/mol. The molecule has 4 heteroatoms. The lowest BCUT2D eigenvalue weighted by Crippen LogP contribution is -2.15. The third-order valence-electron chi connectivity index (χ3n) is 18.6. The number of benzene rings is 13. The lowest BCUT2D eigenvalue weighted by atomic mass is 9.79. The second kappa shape index (κ2) is 18.6. The van der Waals surface area contributed by atoms with Crippen LogP contribution in [-0.4, -0.2) is 0 Å². The fourth-order valence-corrected chi connectivity index (χ4v) is 16.8. The summed E-state index contributed by atoms with van der Waals surface area (Å²) in [5.74, 6) is 0. The van der Waals surface area contributed by atoms with Crippen LogP contribution >= 0.6 is 23.5 Å². The average molecular weight is 1110 g/mol. The molecule has 0 saturated heterocycles. The number of fused-ring (bicyclic) bond motifs is 12. The van der Waals surface area contributed by atoms with Gasteiger partial charge in [-0.15, -0.1) is 0 Å². The van der Waals surface area contributed by atoms with E-state index in [0.717, 1.165) is 11.4 Å². The quantitative estimate of drug-likeness (QED) is 0.153. The maximum Gasteiger partial charge on any atom is 0.0601 e. The van der Waals surface area contributed by atoms with Gasteiger partial charge in [0.2, 0.25) is 0 Å². The van der Waals surface area contributed by atoms with Crippen LogP contribution in [0.5, 0.6) is 0 Å². The number of para-hydroxylation sites is 4. The molecule has 0 saturated carbocycles. The Balaban J connectivity index is 0.981. The molecule has 0 bridgehead atoms. The SMILES string of the molecule is CC1(C)c2ccccc2-c2ccc(-c3ccccc3-c3c4ccc(N5c6ccccc6Sc6ccccc65)cc4c(-c4ccccc4-c4ccc5c(c4)C(C)(C)c4ccccc4-5)c4ccc(N5c6ccccc6Sc6ccccc65)cc34)cc21. The minimum Gasteiger partial charge on any atom is -0.308 e. The van der Waals surface area contributed by atoms with Crippen LogP contribution < -0.4 is 9.80 Å². The zero-order chi connectivity index (χ0) is 56.0. The van der Waals surface area contributed by atoms with Gasteiger partial charge in [0, 0.05) is 41.8 Å². The summed E-state index contributed by atoms with van der Waals surface area (Å²) in [6.07, 6.45) is 0. The topological polar surface area (TPSA) is 6.48 Å². The Bertz CT molecular complexity index is 4550. The van der Waals surface area contributed by atoms with Gasteiger partial charge in [-0.1, -0.05) is 233 Å². The van der Waals surface area contributed by atoms with Crippen LogP contribution in [-0.2, 0) is 10.8 Å². The van der Waals surface area contributed by atoms with Crippen molar-refractivity contribution in [3.63, 3.8) is 0 Å². The molecule has 2 aliphatic heterocycles. The summed E-state index contributed by atoms with van der Waals surface area (Å²) in [5, 5.41) is 4.79. The standard InChI is InChI=1S/C80H56N2S2/c1-79(2)65-27-11-9-23-55(65)57-41-37-49(45-67(57)79)53-21-5-7-25-59(53)77-61-43-39-52(82-71-31-15-19-35-75(71)84-76-36-20-16-32-72(76)82)48-64(61)78(60-26-8-6-22-54(60)50-38-42-58-56-24-10-12-28-66(56)80(3,4)68(58)46-50)62-44-40-51(47-63(62)77)81-69-29-13-17-33-73(69)83-74-34-18-14-30-70(74)81/h5-48H,1-4H3. The number of rotatable bonds is 6. The number of hydrogen-bond acceptors (Lipinski definition) is 4. The van der Waals surface area contributed by atoms with E-state index in [1.54, 1.807) is 0 Å². The molecule has 0 unspecified atom stereocenters. The first kappa shape index (κ1) is 49.3. The Morgan fingerprint density at radius 1 is 0.250 bits per heavy atom. The Hall–Kier alpha value is -9.32. The summed E-state index contributed by atoms with van der Waals surface area (Å²) in [5.41, 5.74) is 27.1. The summed E-state index contributed by atoms with van der Waals surface area (Å²) in [6, 6.07) is 101. The smallest absolute Gasteiger partial charge is 0.0601 e. The highest BCUT2D eigenvalue weighted by Gasteiger charge is 2.38. The molecular weight excluding hydrogens is 1050 g/mol. The number of hydrogen-bond donors (Lipinski definition) is 0. The van der Waals surface area contributed by atoms with Crippen molar-refractivity contribution in [3.8, 4) is 66.8 Å². The fraction of sp³-hybridized carbons (Fsp3) is 0.0750. The normalized spacial score (nSPS) is 14.5. The van der Waals surface area contributed by atoms with Crippen molar-refractivity contribution in [2.75, 3.05) is 9.80 Å². The van der Waals surface area contributed by atoms with Gasteiger partial charge >= 0.3 is 0 Å². The van der Waals surface area contributed by atoms with Gasteiger partial charge in [-0.05, 0) is 195 Å². The van der Waals surface area contributed by atoms with E-state index in [2.05, 4.69) is 304 Å². The molecule has 2 aliphatic carbocycles. The zero-order valence-corrected chi connectivity index (χ0v) is 48.7. The predicted octanol–water partition coefficient (Wildman–Crippen LogP) is 23.1. The first-order chi connectivity index (χ1) is 41.2. The molecule has 13 aromatic carbocycles. The first-order valence-electron chi connectivity index (χ1n) is 29.2. The van der Waals surface area contributed by atoms with Crippen LogP contribution in [0.3, 0.4) is 0 Å². The minimum absolute atomic E-state index is 0.154. The third kappa shape index (κ3) is 7.27. The lowest BCUT2D eigenvalue weighted by Gasteiger charge is -2.34. The van der Waals surface area contributed by atoms with Gasteiger partial charge in [0.05, 0.1) is 22.7 Å². The summed E-state index contributed by atoms with van der Waals surface area (Å²) >= 11 is 3.70. The van der Waals surface area contributed by atoms with Gasteiger partial charge in [-0.2, -0.15) is 0 Å². The molecule has 17 rings (SSSR count). The highest BCUT2D eigenvalue weighted by atomic mass is 32.2. The van der Waals surface area contributed by atoms with Crippen molar-refractivity contribution in [1.82, 2.24) is 0 Å². The fourth-order valence-electron chi connectivity index (χ4n) is 14.7. The van der Waals surface area contributed by atoms with E-state index in [-0.39, 0.29) is 10.8 Å². The second-order valence-electron chi connectivity index (χ2n) is 23.9. The van der Waals surface area contributed by atoms with E-state index >= 15 is 0 Å². The van der Waals surface area contributed by atoms with E-state index in [1.165, 1.54) is 153 Å². The van der Waals surface area contributed by atoms with Crippen LogP contribution in [0.4, 0.5) is 34.1 Å². The van der Waals surface area contributed by atoms with Crippen LogP contribution in [0.25, 0.3) is 88.3 Å². The molecule has 0 fully saturated rings. The molecule has 0 radical (unpaired) electrons. The van der Waals surface area contributed by atoms with Gasteiger partial charge in [-0.25, -0.2) is 0 Å². The maximum atomic E-state index is 2.51. The van der Waals surface area contributed by atoms with Gasteiger partial charge in [0.1, 0.15) is 0 Å². The number of anilines is 6. The van der Waals surface area contributed by atoms with E-state index < -0.39 is 0 Å². The van der Waals surface area contributed by atoms with Crippen molar-refractivity contribution in [2.24, 2.45) is 0 Å². The summed E-state index contributed by atoms with van der Waals surface area (Å²) in [7, 11) is 0. The minimum atomic E-state index is -0.154. The highest BCUT2D eigenvalue weighted by molar-refractivity contribution is 8.00. The second-order valence-corrected chi connectivity index (χ2v) is 26.1. The molecule has 84 heavy (non-hydrogen) atoms.